The average molecular weight is 358 g/mol. The van der Waals surface area contributed by atoms with E-state index in [2.05, 4.69) is 5.32 Å². The van der Waals surface area contributed by atoms with E-state index in [0.717, 1.165) is 0 Å². The molecule has 1 N–H and O–H groups in total. The molecule has 2 aromatic carbocycles. The van der Waals surface area contributed by atoms with Crippen LogP contribution in [0.5, 0.6) is 17.2 Å². The zero-order valence-corrected chi connectivity index (χ0v) is 14.6. The predicted octanol–water partition coefficient (Wildman–Crippen LogP) is 1.08. The van der Waals surface area contributed by atoms with Gasteiger partial charge in [0, 0.05) is 12.4 Å². The van der Waals surface area contributed by atoms with Crippen molar-refractivity contribution >= 4 is 11.9 Å². The lowest BCUT2D eigenvalue weighted by Crippen LogP contribution is -2.36. The molecule has 0 heterocycles. The molecule has 1 atom stereocenters. The molecule has 0 bridgehead atoms. The number of carbonyl (C=O) groups is 2. The van der Waals surface area contributed by atoms with Crippen LogP contribution in [-0.4, -0.2) is 32.7 Å². The summed E-state index contributed by atoms with van der Waals surface area (Å²) in [5.74, 6) is -0.250. The molecule has 0 aromatic heterocycles. The van der Waals surface area contributed by atoms with E-state index in [9.17, 15) is 14.7 Å². The molecule has 0 saturated heterocycles. The number of nitrogens with one attached hydrogen (secondary N) is 1. The van der Waals surface area contributed by atoms with E-state index in [-0.39, 0.29) is 13.0 Å². The molecule has 7 nitrogen and oxygen atoms in total. The fourth-order valence-electron chi connectivity index (χ4n) is 2.39. The summed E-state index contributed by atoms with van der Waals surface area (Å²) in [6.45, 7) is -0.235. The van der Waals surface area contributed by atoms with Gasteiger partial charge in [-0.3, -0.25) is 4.79 Å². The maximum absolute atomic E-state index is 12.2. The van der Waals surface area contributed by atoms with E-state index in [0.29, 0.717) is 22.8 Å². The first-order chi connectivity index (χ1) is 12.5. The van der Waals surface area contributed by atoms with Gasteiger partial charge < -0.3 is 29.4 Å². The highest BCUT2D eigenvalue weighted by Crippen LogP contribution is 2.30. The lowest BCUT2D eigenvalue weighted by Gasteiger charge is -2.21. The average Bonchev–Trinajstić information content (AvgIpc) is 2.65. The van der Waals surface area contributed by atoms with Crippen molar-refractivity contribution in [3.8, 4) is 17.2 Å². The van der Waals surface area contributed by atoms with E-state index in [1.54, 1.807) is 42.5 Å². The second kappa shape index (κ2) is 9.31. The largest absolute Gasteiger partial charge is 0.550 e. The highest BCUT2D eigenvalue weighted by molar-refractivity contribution is 5.79. The molecule has 0 radical (unpaired) electrons. The molecular formula is C19H20NO6-. The fraction of sp³-hybridized carbons (Fsp3) is 0.263. The van der Waals surface area contributed by atoms with E-state index in [4.69, 9.17) is 14.2 Å². The minimum Gasteiger partial charge on any atom is -0.550 e. The minimum atomic E-state index is -1.28. The van der Waals surface area contributed by atoms with Crippen molar-refractivity contribution in [2.24, 2.45) is 0 Å². The predicted molar refractivity (Wildman–Crippen MR) is 92.0 cm³/mol. The highest BCUT2D eigenvalue weighted by atomic mass is 16.5. The molecule has 0 fully saturated rings. The Balaban J connectivity index is 2.09. The van der Waals surface area contributed by atoms with Crippen molar-refractivity contribution in [2.45, 2.75) is 12.5 Å². The molecule has 1 unspecified atom stereocenters. The molecule has 0 spiro atoms. The summed E-state index contributed by atoms with van der Waals surface area (Å²) >= 11 is 0. The Kier molecular flexibility index (Phi) is 6.84. The van der Waals surface area contributed by atoms with Crippen molar-refractivity contribution in [2.75, 3.05) is 20.8 Å². The normalized spacial score (nSPS) is 11.3. The van der Waals surface area contributed by atoms with Crippen LogP contribution in [0.2, 0.25) is 0 Å². The Morgan fingerprint density at radius 3 is 2.35 bits per heavy atom. The van der Waals surface area contributed by atoms with E-state index < -0.39 is 17.9 Å². The van der Waals surface area contributed by atoms with E-state index in [1.165, 1.54) is 14.2 Å². The number of aliphatic carboxylic acids is 1. The third kappa shape index (κ3) is 5.41. The summed E-state index contributed by atoms with van der Waals surface area (Å²) in [7, 11) is 2.97. The molecule has 138 valence electrons. The van der Waals surface area contributed by atoms with Crippen molar-refractivity contribution in [1.82, 2.24) is 5.32 Å². The highest BCUT2D eigenvalue weighted by Gasteiger charge is 2.17. The van der Waals surface area contributed by atoms with E-state index in [1.807, 2.05) is 6.07 Å². The van der Waals surface area contributed by atoms with Crippen LogP contribution in [0.25, 0.3) is 0 Å². The number of carboxylic acid groups (broad SMARTS) is 1. The zero-order chi connectivity index (χ0) is 18.9. The molecule has 0 aliphatic rings. The summed E-state index contributed by atoms with van der Waals surface area (Å²) < 4.78 is 15.7. The number of amides is 1. The first-order valence-electron chi connectivity index (χ1n) is 7.92. The second-order valence-electron chi connectivity index (χ2n) is 5.41. The van der Waals surface area contributed by atoms with Gasteiger partial charge in [-0.25, -0.2) is 0 Å². The van der Waals surface area contributed by atoms with Crippen LogP contribution in [-0.2, 0) is 9.59 Å². The van der Waals surface area contributed by atoms with Crippen molar-refractivity contribution in [1.29, 1.82) is 0 Å². The molecule has 7 heteroatoms. The number of para-hydroxylation sites is 1. The van der Waals surface area contributed by atoms with Crippen LogP contribution in [0, 0.1) is 0 Å². The summed E-state index contributed by atoms with van der Waals surface area (Å²) in [6.07, 6.45) is -0.382. The molecule has 0 aliphatic heterocycles. The maximum Gasteiger partial charge on any atom is 0.258 e. The third-order valence-electron chi connectivity index (χ3n) is 3.63. The molecule has 1 amide bonds. The summed E-state index contributed by atoms with van der Waals surface area (Å²) in [4.78, 5) is 23.2. The monoisotopic (exact) mass is 358 g/mol. The molecule has 0 saturated carbocycles. The van der Waals surface area contributed by atoms with Gasteiger partial charge >= 0.3 is 0 Å². The van der Waals surface area contributed by atoms with Crippen molar-refractivity contribution in [3.05, 3.63) is 54.1 Å². The summed E-state index contributed by atoms with van der Waals surface area (Å²) in [6, 6.07) is 13.0. The topological polar surface area (TPSA) is 96.9 Å². The van der Waals surface area contributed by atoms with Gasteiger partial charge in [0.05, 0.1) is 20.3 Å². The molecule has 26 heavy (non-hydrogen) atoms. The van der Waals surface area contributed by atoms with Gasteiger partial charge in [-0.1, -0.05) is 24.3 Å². The van der Waals surface area contributed by atoms with Gasteiger partial charge in [-0.15, -0.1) is 0 Å². The van der Waals surface area contributed by atoms with Crippen LogP contribution in [0.4, 0.5) is 0 Å². The van der Waals surface area contributed by atoms with Gasteiger partial charge in [-0.05, 0) is 29.8 Å². The van der Waals surface area contributed by atoms with E-state index >= 15 is 0 Å². The quantitative estimate of drug-likeness (QED) is 0.720. The summed E-state index contributed by atoms with van der Waals surface area (Å²) in [5, 5.41) is 13.7. The van der Waals surface area contributed by atoms with Crippen LogP contribution in [0.15, 0.2) is 48.5 Å². The van der Waals surface area contributed by atoms with Crippen LogP contribution in [0.1, 0.15) is 18.0 Å². The Morgan fingerprint density at radius 1 is 1.04 bits per heavy atom. The standard InChI is InChI=1S/C19H21NO6/c1-24-16-9-8-13(10-17(16)25-2)15(11-19(22)23)20-18(21)12-26-14-6-4-3-5-7-14/h3-10,15H,11-12H2,1-2H3,(H,20,21)(H,22,23)/p-1. The number of carbonyl (C=O) groups excluding carboxylic acids is 2. The van der Waals surface area contributed by atoms with Gasteiger partial charge in [0.1, 0.15) is 5.75 Å². The summed E-state index contributed by atoms with van der Waals surface area (Å²) in [5.41, 5.74) is 0.555. The number of carboxylic acids is 1. The van der Waals surface area contributed by atoms with Crippen LogP contribution < -0.4 is 24.6 Å². The Hall–Kier alpha value is -3.22. The third-order valence-corrected chi connectivity index (χ3v) is 3.63. The molecule has 2 rings (SSSR count). The van der Waals surface area contributed by atoms with Gasteiger partial charge in [0.15, 0.2) is 18.1 Å². The lowest BCUT2D eigenvalue weighted by atomic mass is 10.0. The number of hydrogen-bond acceptors (Lipinski definition) is 6. The van der Waals surface area contributed by atoms with Crippen molar-refractivity contribution in [3.63, 3.8) is 0 Å². The first kappa shape index (κ1) is 19.1. The first-order valence-corrected chi connectivity index (χ1v) is 7.92. The Labute approximate surface area is 151 Å². The van der Waals surface area contributed by atoms with Crippen molar-refractivity contribution < 1.29 is 28.9 Å². The number of methoxy groups -OCH3 is 2. The smallest absolute Gasteiger partial charge is 0.258 e. The number of rotatable bonds is 9. The second-order valence-corrected chi connectivity index (χ2v) is 5.41. The maximum atomic E-state index is 12.2. The zero-order valence-electron chi connectivity index (χ0n) is 14.6. The minimum absolute atomic E-state index is 0.235. The van der Waals surface area contributed by atoms with Gasteiger partial charge in [0.2, 0.25) is 0 Å². The molecule has 2 aromatic rings. The molecule has 0 aliphatic carbocycles. The SMILES string of the molecule is COc1ccc(C(CC(=O)[O-])NC(=O)COc2ccccc2)cc1OC. The number of ether oxygens (including phenoxy) is 3. The Bertz CT molecular complexity index is 747. The number of hydrogen-bond donors (Lipinski definition) is 1. The molecular weight excluding hydrogens is 338 g/mol. The van der Waals surface area contributed by atoms with Crippen LogP contribution in [0.3, 0.4) is 0 Å². The Morgan fingerprint density at radius 2 is 1.73 bits per heavy atom. The number of benzene rings is 2. The van der Waals surface area contributed by atoms with Crippen LogP contribution >= 0.6 is 0 Å². The van der Waals surface area contributed by atoms with Gasteiger partial charge in [-0.2, -0.15) is 0 Å². The van der Waals surface area contributed by atoms with Gasteiger partial charge in [0.25, 0.3) is 5.91 Å². The fourth-order valence-corrected chi connectivity index (χ4v) is 2.39. The lowest BCUT2D eigenvalue weighted by molar-refractivity contribution is -0.306.